The molecule has 3 heterocycles. The molecular formula is C11H19N6O11P3. The summed E-state index contributed by atoms with van der Waals surface area (Å²) in [6.07, 6.45) is 0.420. The molecule has 0 radical (unpaired) electrons. The van der Waals surface area contributed by atoms with Crippen molar-refractivity contribution in [2.75, 3.05) is 18.1 Å². The standard InChI is InChI=1S/C11H19N6O11P3/c1-5-2-7(17-4-14-8-9(12)15-11(13)16-10(8)17)26-6(5)3-25-30(21,22)28-31(23,24)27-29(18,19)20/h4-7H,2-3H2,1H3,(H,21,22)(H,23,24)(H2,18,19,20)(H4,12,13,15,16). The smallest absolute Gasteiger partial charge is 0.382 e. The van der Waals surface area contributed by atoms with Gasteiger partial charge in [-0.3, -0.25) is 9.09 Å². The first-order chi connectivity index (χ1) is 14.2. The zero-order valence-corrected chi connectivity index (χ0v) is 18.3. The van der Waals surface area contributed by atoms with Crippen molar-refractivity contribution in [3.63, 3.8) is 0 Å². The van der Waals surface area contributed by atoms with E-state index in [0.717, 1.165) is 0 Å². The van der Waals surface area contributed by atoms with Crippen molar-refractivity contribution in [2.24, 2.45) is 5.92 Å². The van der Waals surface area contributed by atoms with Crippen LogP contribution >= 0.6 is 23.5 Å². The second kappa shape index (κ2) is 8.46. The van der Waals surface area contributed by atoms with Crippen molar-refractivity contribution in [1.82, 2.24) is 19.5 Å². The molecule has 0 spiro atoms. The quantitative estimate of drug-likeness (QED) is 0.263. The van der Waals surface area contributed by atoms with Crippen LogP contribution in [0.1, 0.15) is 19.6 Å². The van der Waals surface area contributed by atoms with Crippen LogP contribution in [0, 0.1) is 5.92 Å². The molecule has 31 heavy (non-hydrogen) atoms. The molecule has 1 aliphatic heterocycles. The van der Waals surface area contributed by atoms with Gasteiger partial charge >= 0.3 is 23.5 Å². The largest absolute Gasteiger partial charge is 0.490 e. The fourth-order valence-corrected chi connectivity index (χ4v) is 5.91. The molecule has 3 rings (SSSR count). The van der Waals surface area contributed by atoms with Crippen molar-refractivity contribution in [1.29, 1.82) is 0 Å². The third kappa shape index (κ3) is 6.06. The number of nitrogen functional groups attached to an aromatic ring is 2. The maximum absolute atomic E-state index is 11.9. The van der Waals surface area contributed by atoms with Gasteiger partial charge in [-0.1, -0.05) is 6.92 Å². The van der Waals surface area contributed by atoms with Gasteiger partial charge in [0.25, 0.3) is 0 Å². The van der Waals surface area contributed by atoms with E-state index in [1.165, 1.54) is 6.33 Å². The van der Waals surface area contributed by atoms with E-state index in [0.29, 0.717) is 17.6 Å². The van der Waals surface area contributed by atoms with E-state index in [4.69, 9.17) is 26.0 Å². The van der Waals surface area contributed by atoms with E-state index in [-0.39, 0.29) is 17.7 Å². The highest BCUT2D eigenvalue weighted by atomic mass is 31.3. The number of nitrogens with two attached hydrogens (primary N) is 2. The number of anilines is 2. The SMILES string of the molecule is CC1CC(n2cnc3c(N)nc(N)nc32)OC1COP(=O)(O)OP(=O)(O)OP(=O)(O)O. The minimum Gasteiger partial charge on any atom is -0.382 e. The monoisotopic (exact) mass is 504 g/mol. The van der Waals surface area contributed by atoms with E-state index in [2.05, 4.69) is 28.1 Å². The fourth-order valence-electron chi connectivity index (χ4n) is 2.88. The molecule has 5 atom stereocenters. The Morgan fingerprint density at radius 3 is 2.48 bits per heavy atom. The van der Waals surface area contributed by atoms with Gasteiger partial charge in [0.15, 0.2) is 11.5 Å². The minimum atomic E-state index is -5.59. The topological polar surface area (TPSA) is 265 Å². The summed E-state index contributed by atoms with van der Waals surface area (Å²) in [6, 6.07) is 0. The fraction of sp³-hybridized carbons (Fsp3) is 0.545. The van der Waals surface area contributed by atoms with Crippen molar-refractivity contribution in [3.05, 3.63) is 6.33 Å². The molecule has 1 aliphatic rings. The maximum Gasteiger partial charge on any atom is 0.490 e. The van der Waals surface area contributed by atoms with E-state index in [9.17, 15) is 23.5 Å². The Kier molecular flexibility index (Phi) is 6.60. The Labute approximate surface area is 173 Å². The van der Waals surface area contributed by atoms with Gasteiger partial charge in [-0.15, -0.1) is 0 Å². The summed E-state index contributed by atoms with van der Waals surface area (Å²) in [5, 5.41) is 0. The number of ether oxygens (including phenoxy) is 1. The van der Waals surface area contributed by atoms with Crippen LogP contribution < -0.4 is 11.5 Å². The van der Waals surface area contributed by atoms with Gasteiger partial charge in [0.2, 0.25) is 5.95 Å². The van der Waals surface area contributed by atoms with Gasteiger partial charge in [0, 0.05) is 0 Å². The molecule has 20 heteroatoms. The number of nitrogens with zero attached hydrogens (tertiary/aromatic N) is 4. The summed E-state index contributed by atoms with van der Waals surface area (Å²) in [4.78, 5) is 47.8. The van der Waals surface area contributed by atoms with Gasteiger partial charge in [0.05, 0.1) is 19.0 Å². The van der Waals surface area contributed by atoms with Crippen molar-refractivity contribution < 1.29 is 51.2 Å². The first-order valence-electron chi connectivity index (χ1n) is 8.35. The molecule has 5 unspecified atom stereocenters. The van der Waals surface area contributed by atoms with Gasteiger partial charge < -0.3 is 35.8 Å². The number of phosphoric acid groups is 3. The number of aromatic nitrogens is 4. The highest BCUT2D eigenvalue weighted by Gasteiger charge is 2.42. The molecule has 1 saturated heterocycles. The summed E-state index contributed by atoms with van der Waals surface area (Å²) in [6.45, 7) is 1.19. The van der Waals surface area contributed by atoms with E-state index in [1.54, 1.807) is 11.5 Å². The first kappa shape index (κ1) is 24.2. The van der Waals surface area contributed by atoms with Crippen LogP contribution in [0.4, 0.5) is 11.8 Å². The lowest BCUT2D eigenvalue weighted by atomic mass is 10.0. The lowest BCUT2D eigenvalue weighted by Crippen LogP contribution is -2.20. The van der Waals surface area contributed by atoms with Crippen molar-refractivity contribution in [3.8, 4) is 0 Å². The molecule has 0 bridgehead atoms. The van der Waals surface area contributed by atoms with Gasteiger partial charge in [0.1, 0.15) is 11.7 Å². The molecule has 0 aromatic carbocycles. The molecule has 8 N–H and O–H groups in total. The molecule has 0 aliphatic carbocycles. The molecule has 174 valence electrons. The van der Waals surface area contributed by atoms with Gasteiger partial charge in [-0.2, -0.15) is 18.6 Å². The van der Waals surface area contributed by atoms with E-state index >= 15 is 0 Å². The Hall–Kier alpha value is -1.48. The van der Waals surface area contributed by atoms with Crippen LogP contribution in [0.5, 0.6) is 0 Å². The van der Waals surface area contributed by atoms with Crippen molar-refractivity contribution >= 4 is 46.4 Å². The van der Waals surface area contributed by atoms with Crippen LogP contribution in [0.3, 0.4) is 0 Å². The predicted molar refractivity (Wildman–Crippen MR) is 102 cm³/mol. The predicted octanol–water partition coefficient (Wildman–Crippen LogP) is 0.258. The van der Waals surface area contributed by atoms with Gasteiger partial charge in [-0.25, -0.2) is 18.7 Å². The van der Waals surface area contributed by atoms with Crippen molar-refractivity contribution in [2.45, 2.75) is 25.7 Å². The van der Waals surface area contributed by atoms with Crippen LogP contribution in [0.2, 0.25) is 0 Å². The average Bonchev–Trinajstić information content (AvgIpc) is 3.13. The lowest BCUT2D eigenvalue weighted by molar-refractivity contribution is -0.0273. The average molecular weight is 504 g/mol. The Balaban J connectivity index is 1.66. The first-order valence-corrected chi connectivity index (χ1v) is 12.9. The lowest BCUT2D eigenvalue weighted by Gasteiger charge is -2.19. The number of rotatable bonds is 8. The molecule has 17 nitrogen and oxygen atoms in total. The van der Waals surface area contributed by atoms with E-state index < -0.39 is 42.4 Å². The molecule has 2 aromatic heterocycles. The second-order valence-corrected chi connectivity index (χ2v) is 10.9. The Morgan fingerprint density at radius 2 is 1.84 bits per heavy atom. The normalized spacial score (nSPS) is 26.0. The molecule has 1 fully saturated rings. The molecule has 0 amide bonds. The highest BCUT2D eigenvalue weighted by molar-refractivity contribution is 7.66. The zero-order chi connectivity index (χ0) is 23.2. The third-order valence-corrected chi connectivity index (χ3v) is 7.94. The number of fused-ring (bicyclic) bond motifs is 1. The molecule has 0 saturated carbocycles. The summed E-state index contributed by atoms with van der Waals surface area (Å²) < 4.78 is 53.2. The minimum absolute atomic E-state index is 0.0676. The van der Waals surface area contributed by atoms with Crippen LogP contribution in [0.15, 0.2) is 6.33 Å². The number of imidazole rings is 1. The number of hydrogen-bond donors (Lipinski definition) is 6. The summed E-state index contributed by atoms with van der Waals surface area (Å²) in [5.41, 5.74) is 12.0. The number of hydrogen-bond acceptors (Lipinski definition) is 12. The molecular weight excluding hydrogens is 485 g/mol. The van der Waals surface area contributed by atoms with E-state index in [1.807, 2.05) is 0 Å². The summed E-state index contributed by atoms with van der Waals surface area (Å²) in [5.74, 6) is -0.218. The Morgan fingerprint density at radius 1 is 1.16 bits per heavy atom. The highest BCUT2D eigenvalue weighted by Crippen LogP contribution is 2.66. The summed E-state index contributed by atoms with van der Waals surface area (Å²) >= 11 is 0. The second-order valence-electron chi connectivity index (χ2n) is 6.52. The van der Waals surface area contributed by atoms with Crippen LogP contribution in [0.25, 0.3) is 11.2 Å². The van der Waals surface area contributed by atoms with Gasteiger partial charge in [-0.05, 0) is 12.3 Å². The molecule has 2 aromatic rings. The van der Waals surface area contributed by atoms with Crippen LogP contribution in [-0.4, -0.2) is 51.8 Å². The summed E-state index contributed by atoms with van der Waals surface area (Å²) in [7, 11) is -16.3. The number of phosphoric ester groups is 1. The Bertz CT molecular complexity index is 1120. The zero-order valence-electron chi connectivity index (χ0n) is 15.7. The van der Waals surface area contributed by atoms with Crippen LogP contribution in [-0.2, 0) is 31.6 Å². The maximum atomic E-state index is 11.9. The third-order valence-electron chi connectivity index (χ3n) is 4.13.